The highest BCUT2D eigenvalue weighted by Crippen LogP contribution is 2.41. The molecule has 1 aliphatic rings. The summed E-state index contributed by atoms with van der Waals surface area (Å²) in [7, 11) is 0. The van der Waals surface area contributed by atoms with Gasteiger partial charge in [0.1, 0.15) is 0 Å². The predicted octanol–water partition coefficient (Wildman–Crippen LogP) is 5.96. The molecule has 0 spiro atoms. The molecule has 4 rings (SSSR count). The monoisotopic (exact) mass is 445 g/mol. The first-order valence-electron chi connectivity index (χ1n) is 8.98. The Morgan fingerprint density at radius 2 is 1.86 bits per heavy atom. The molecule has 2 aromatic carbocycles. The Hall–Kier alpha value is -2.54. The van der Waals surface area contributed by atoms with Crippen molar-refractivity contribution in [1.29, 1.82) is 0 Å². The van der Waals surface area contributed by atoms with Crippen LogP contribution >= 0.6 is 34.5 Å². The zero-order chi connectivity index (χ0) is 20.4. The fourth-order valence-corrected chi connectivity index (χ4v) is 4.22. The van der Waals surface area contributed by atoms with Gasteiger partial charge in [0.15, 0.2) is 6.17 Å². The first-order chi connectivity index (χ1) is 14.1. The second-order valence-electron chi connectivity index (χ2n) is 6.18. The van der Waals surface area contributed by atoms with Crippen LogP contribution in [0.25, 0.3) is 0 Å². The minimum Gasteiger partial charge on any atom is -0.460 e. The molecule has 0 amide bonds. The molecule has 0 bridgehead atoms. The molecule has 0 N–H and O–H groups in total. The van der Waals surface area contributed by atoms with Crippen molar-refractivity contribution < 1.29 is 9.53 Å². The summed E-state index contributed by atoms with van der Waals surface area (Å²) in [5, 5.41) is 9.31. The maximum Gasteiger partial charge on any atom is 0.376 e. The molecule has 1 aliphatic heterocycles. The van der Waals surface area contributed by atoms with E-state index in [0.717, 1.165) is 10.6 Å². The number of ether oxygens (including phenoxy) is 1. The Morgan fingerprint density at radius 3 is 2.52 bits per heavy atom. The minimum atomic E-state index is -0.501. The van der Waals surface area contributed by atoms with Crippen LogP contribution < -0.4 is 9.91 Å². The summed E-state index contributed by atoms with van der Waals surface area (Å²) in [6.07, 6.45) is -0.367. The molecule has 0 saturated heterocycles. The van der Waals surface area contributed by atoms with Gasteiger partial charge in [0, 0.05) is 10.6 Å². The van der Waals surface area contributed by atoms with Gasteiger partial charge < -0.3 is 4.74 Å². The number of thiophene rings is 1. The fourth-order valence-electron chi connectivity index (χ4n) is 3.13. The van der Waals surface area contributed by atoms with Crippen LogP contribution in [0.4, 0.5) is 11.4 Å². The van der Waals surface area contributed by atoms with E-state index in [1.165, 1.54) is 0 Å². The second-order valence-corrected chi connectivity index (χ2v) is 7.98. The van der Waals surface area contributed by atoms with E-state index in [-0.39, 0.29) is 18.6 Å². The number of nitrogens with zero attached hydrogens (tertiary/aromatic N) is 3. The molecule has 8 heteroatoms. The van der Waals surface area contributed by atoms with Crippen molar-refractivity contribution in [1.82, 2.24) is 0 Å². The Labute approximate surface area is 182 Å². The van der Waals surface area contributed by atoms with E-state index in [4.69, 9.17) is 27.9 Å². The van der Waals surface area contributed by atoms with Crippen LogP contribution in [-0.2, 0) is 9.53 Å². The number of halogens is 2. The lowest BCUT2D eigenvalue weighted by atomic mass is 10.2. The third kappa shape index (κ3) is 3.83. The number of hydrazone groups is 1. The number of amidine groups is 1. The minimum absolute atomic E-state index is 0.187. The summed E-state index contributed by atoms with van der Waals surface area (Å²) >= 11 is 14.0. The Morgan fingerprint density at radius 1 is 1.07 bits per heavy atom. The third-order valence-electron chi connectivity index (χ3n) is 4.36. The summed E-state index contributed by atoms with van der Waals surface area (Å²) < 4.78 is 5.29. The molecule has 0 fully saturated rings. The van der Waals surface area contributed by atoms with Crippen LogP contribution in [0.2, 0.25) is 10.0 Å². The molecule has 2 heterocycles. The molecule has 29 heavy (non-hydrogen) atoms. The quantitative estimate of drug-likeness (QED) is 0.454. The average molecular weight is 446 g/mol. The molecule has 1 aromatic heterocycles. The first kappa shape index (κ1) is 19.8. The van der Waals surface area contributed by atoms with Gasteiger partial charge in [-0.05, 0) is 48.7 Å². The van der Waals surface area contributed by atoms with E-state index in [0.29, 0.717) is 15.7 Å². The normalized spacial score (nSPS) is 16.1. The van der Waals surface area contributed by atoms with E-state index in [1.807, 2.05) is 63.8 Å². The molecular weight excluding hydrogens is 429 g/mol. The standard InChI is InChI=1S/C21H17Cl2N3O2S/c1-2-28-21(27)19-24-26(14-7-4-3-5-8-14)20(18-9-6-12-29-18)25(19)15-10-11-16(22)17(23)13-15/h3-13,20H,2H2,1H3. The van der Waals surface area contributed by atoms with Gasteiger partial charge in [-0.15, -0.1) is 16.4 Å². The van der Waals surface area contributed by atoms with Crippen LogP contribution in [0, 0.1) is 0 Å². The molecule has 5 nitrogen and oxygen atoms in total. The Kier molecular flexibility index (Phi) is 5.76. The predicted molar refractivity (Wildman–Crippen MR) is 119 cm³/mol. The highest BCUT2D eigenvalue weighted by molar-refractivity contribution is 7.10. The van der Waals surface area contributed by atoms with Crippen molar-refractivity contribution in [2.75, 3.05) is 16.5 Å². The molecule has 0 radical (unpaired) electrons. The van der Waals surface area contributed by atoms with Crippen molar-refractivity contribution in [3.63, 3.8) is 0 Å². The fraction of sp³-hybridized carbons (Fsp3) is 0.143. The lowest BCUT2D eigenvalue weighted by Crippen LogP contribution is -2.38. The van der Waals surface area contributed by atoms with Crippen LogP contribution in [0.1, 0.15) is 18.0 Å². The van der Waals surface area contributed by atoms with E-state index in [2.05, 4.69) is 5.10 Å². The summed E-state index contributed by atoms with van der Waals surface area (Å²) in [6, 6.07) is 18.9. The van der Waals surface area contributed by atoms with E-state index in [9.17, 15) is 4.79 Å². The average Bonchev–Trinajstić information content (AvgIpc) is 3.38. The van der Waals surface area contributed by atoms with Crippen LogP contribution in [0.15, 0.2) is 71.1 Å². The van der Waals surface area contributed by atoms with Crippen molar-refractivity contribution in [3.8, 4) is 0 Å². The highest BCUT2D eigenvalue weighted by atomic mass is 35.5. The number of esters is 1. The summed E-state index contributed by atoms with van der Waals surface area (Å²) in [5.74, 6) is -0.314. The third-order valence-corrected chi connectivity index (χ3v) is 6.02. The zero-order valence-electron chi connectivity index (χ0n) is 15.5. The summed E-state index contributed by atoms with van der Waals surface area (Å²) in [6.45, 7) is 2.02. The van der Waals surface area contributed by atoms with E-state index < -0.39 is 5.97 Å². The van der Waals surface area contributed by atoms with Crippen molar-refractivity contribution in [3.05, 3.63) is 81.0 Å². The zero-order valence-corrected chi connectivity index (χ0v) is 17.8. The molecule has 1 unspecified atom stereocenters. The Bertz CT molecular complexity index is 1040. The number of para-hydroxylation sites is 1. The maximum absolute atomic E-state index is 12.8. The summed E-state index contributed by atoms with van der Waals surface area (Å²) in [5.41, 5.74) is 1.55. The highest BCUT2D eigenvalue weighted by Gasteiger charge is 2.41. The molecule has 1 atom stereocenters. The number of hydrogen-bond acceptors (Lipinski definition) is 6. The lowest BCUT2D eigenvalue weighted by molar-refractivity contribution is -0.135. The topological polar surface area (TPSA) is 45.1 Å². The van der Waals surface area contributed by atoms with Crippen molar-refractivity contribution in [2.45, 2.75) is 13.1 Å². The SMILES string of the molecule is CCOC(=O)C1=NN(c2ccccc2)C(c2cccs2)N1c1ccc(Cl)c(Cl)c1. The van der Waals surface area contributed by atoms with Gasteiger partial charge in [-0.1, -0.05) is 47.5 Å². The van der Waals surface area contributed by atoms with Gasteiger partial charge in [0.2, 0.25) is 5.84 Å². The van der Waals surface area contributed by atoms with Gasteiger partial charge in [-0.2, -0.15) is 0 Å². The molecule has 0 saturated carbocycles. The van der Waals surface area contributed by atoms with Gasteiger partial charge in [-0.3, -0.25) is 4.90 Å². The van der Waals surface area contributed by atoms with Crippen molar-refractivity contribution >= 4 is 57.7 Å². The summed E-state index contributed by atoms with van der Waals surface area (Å²) in [4.78, 5) is 15.6. The van der Waals surface area contributed by atoms with E-state index >= 15 is 0 Å². The van der Waals surface area contributed by atoms with Crippen molar-refractivity contribution in [2.24, 2.45) is 5.10 Å². The number of hydrogen-bond donors (Lipinski definition) is 0. The molecule has 148 valence electrons. The largest absolute Gasteiger partial charge is 0.460 e. The second kappa shape index (κ2) is 8.45. The van der Waals surface area contributed by atoms with Gasteiger partial charge in [-0.25, -0.2) is 9.80 Å². The van der Waals surface area contributed by atoms with Gasteiger partial charge in [0.05, 0.1) is 22.3 Å². The van der Waals surface area contributed by atoms with Gasteiger partial charge in [0.25, 0.3) is 0 Å². The lowest BCUT2D eigenvalue weighted by Gasteiger charge is -2.31. The Balaban J connectivity index is 1.88. The van der Waals surface area contributed by atoms with Gasteiger partial charge >= 0.3 is 5.97 Å². The van der Waals surface area contributed by atoms with E-state index in [1.54, 1.807) is 30.4 Å². The number of anilines is 2. The molecular formula is C21H17Cl2N3O2S. The number of carbonyl (C=O) groups excluding carboxylic acids is 1. The van der Waals surface area contributed by atoms with Crippen LogP contribution in [-0.4, -0.2) is 18.4 Å². The van der Waals surface area contributed by atoms with Crippen LogP contribution in [0.3, 0.4) is 0 Å². The molecule has 3 aromatic rings. The maximum atomic E-state index is 12.8. The van der Waals surface area contributed by atoms with Crippen LogP contribution in [0.5, 0.6) is 0 Å². The first-order valence-corrected chi connectivity index (χ1v) is 10.6. The number of carbonyl (C=O) groups is 1. The number of benzene rings is 2. The molecule has 0 aliphatic carbocycles. The number of rotatable bonds is 5. The smallest absolute Gasteiger partial charge is 0.376 e.